The Hall–Kier alpha value is -2.24. The minimum atomic E-state index is -0.167. The molecule has 0 radical (unpaired) electrons. The molecule has 0 aliphatic carbocycles. The molecule has 2 amide bonds. The standard InChI is InChI=1S/C16H25N3O3/c1-4-9-18-16(21)12-7-8-14(13(17)10-12)22-11-15(20)19(5-2)6-3/h7-8,10H,4-6,9,11,17H2,1-3H3,(H,18,21). The lowest BCUT2D eigenvalue weighted by atomic mass is 10.1. The Morgan fingerprint density at radius 2 is 1.91 bits per heavy atom. The molecule has 1 rings (SSSR count). The molecule has 0 spiro atoms. The number of likely N-dealkylation sites (N-methyl/N-ethyl adjacent to an activating group) is 1. The fourth-order valence-corrected chi connectivity index (χ4v) is 1.97. The largest absolute Gasteiger partial charge is 0.482 e. The summed E-state index contributed by atoms with van der Waals surface area (Å²) < 4.78 is 5.45. The van der Waals surface area contributed by atoms with Crippen molar-refractivity contribution in [3.8, 4) is 5.75 Å². The molecule has 0 fully saturated rings. The number of hydrogen-bond acceptors (Lipinski definition) is 4. The number of ether oxygens (including phenoxy) is 1. The van der Waals surface area contributed by atoms with Crippen LogP contribution in [0.5, 0.6) is 5.75 Å². The molecule has 1 aromatic rings. The van der Waals surface area contributed by atoms with Gasteiger partial charge in [0.15, 0.2) is 6.61 Å². The summed E-state index contributed by atoms with van der Waals surface area (Å²) in [5.41, 5.74) is 6.71. The molecule has 0 aliphatic rings. The predicted molar refractivity (Wildman–Crippen MR) is 86.9 cm³/mol. The summed E-state index contributed by atoms with van der Waals surface area (Å²) in [7, 11) is 0. The Bertz CT molecular complexity index is 513. The average Bonchev–Trinajstić information content (AvgIpc) is 2.52. The van der Waals surface area contributed by atoms with Gasteiger partial charge in [-0.1, -0.05) is 6.92 Å². The molecular formula is C16H25N3O3. The zero-order valence-electron chi connectivity index (χ0n) is 13.5. The molecule has 6 heteroatoms. The van der Waals surface area contributed by atoms with E-state index in [1.807, 2.05) is 20.8 Å². The number of nitrogen functional groups attached to an aromatic ring is 1. The number of nitrogens with one attached hydrogen (secondary N) is 1. The normalized spacial score (nSPS) is 10.1. The minimum Gasteiger partial charge on any atom is -0.482 e. The van der Waals surface area contributed by atoms with Crippen molar-refractivity contribution >= 4 is 17.5 Å². The summed E-state index contributed by atoms with van der Waals surface area (Å²) in [4.78, 5) is 25.4. The summed E-state index contributed by atoms with van der Waals surface area (Å²) in [6.07, 6.45) is 0.871. The van der Waals surface area contributed by atoms with Crippen LogP contribution in [0.15, 0.2) is 18.2 Å². The SMILES string of the molecule is CCCNC(=O)c1ccc(OCC(=O)N(CC)CC)c(N)c1. The zero-order valence-corrected chi connectivity index (χ0v) is 13.5. The van der Waals surface area contributed by atoms with Gasteiger partial charge in [-0.3, -0.25) is 9.59 Å². The van der Waals surface area contributed by atoms with E-state index in [0.717, 1.165) is 6.42 Å². The summed E-state index contributed by atoms with van der Waals surface area (Å²) in [5, 5.41) is 2.78. The van der Waals surface area contributed by atoms with E-state index in [4.69, 9.17) is 10.5 Å². The maximum absolute atomic E-state index is 11.9. The molecule has 0 saturated heterocycles. The number of amides is 2. The first-order valence-corrected chi connectivity index (χ1v) is 7.61. The van der Waals surface area contributed by atoms with Gasteiger partial charge in [-0.05, 0) is 38.5 Å². The van der Waals surface area contributed by atoms with Gasteiger partial charge in [0.1, 0.15) is 5.75 Å². The van der Waals surface area contributed by atoms with Crippen LogP contribution < -0.4 is 15.8 Å². The third-order valence-electron chi connectivity index (χ3n) is 3.27. The van der Waals surface area contributed by atoms with Gasteiger partial charge in [-0.25, -0.2) is 0 Å². The van der Waals surface area contributed by atoms with Crippen molar-refractivity contribution in [2.45, 2.75) is 27.2 Å². The first-order valence-electron chi connectivity index (χ1n) is 7.61. The number of hydrogen-bond donors (Lipinski definition) is 2. The molecule has 122 valence electrons. The summed E-state index contributed by atoms with van der Waals surface area (Å²) in [6, 6.07) is 4.81. The van der Waals surface area contributed by atoms with E-state index in [9.17, 15) is 9.59 Å². The highest BCUT2D eigenvalue weighted by atomic mass is 16.5. The van der Waals surface area contributed by atoms with Crippen molar-refractivity contribution in [3.63, 3.8) is 0 Å². The summed E-state index contributed by atoms with van der Waals surface area (Å²) >= 11 is 0. The van der Waals surface area contributed by atoms with E-state index >= 15 is 0 Å². The first-order chi connectivity index (χ1) is 10.5. The number of benzene rings is 1. The van der Waals surface area contributed by atoms with Crippen LogP contribution in [-0.2, 0) is 4.79 Å². The maximum Gasteiger partial charge on any atom is 0.260 e. The van der Waals surface area contributed by atoms with Crippen molar-refractivity contribution in [1.82, 2.24) is 10.2 Å². The summed E-state index contributed by atoms with van der Waals surface area (Å²) in [5.74, 6) is 0.154. The van der Waals surface area contributed by atoms with Gasteiger partial charge in [0.05, 0.1) is 5.69 Å². The van der Waals surface area contributed by atoms with Gasteiger partial charge < -0.3 is 20.7 Å². The Labute approximate surface area is 131 Å². The second-order valence-corrected chi connectivity index (χ2v) is 4.86. The zero-order chi connectivity index (χ0) is 16.5. The van der Waals surface area contributed by atoms with E-state index in [1.54, 1.807) is 23.1 Å². The van der Waals surface area contributed by atoms with E-state index < -0.39 is 0 Å². The molecule has 0 heterocycles. The topological polar surface area (TPSA) is 84.7 Å². The van der Waals surface area contributed by atoms with Crippen molar-refractivity contribution in [2.75, 3.05) is 32.0 Å². The number of nitrogens with zero attached hydrogens (tertiary/aromatic N) is 1. The van der Waals surface area contributed by atoms with E-state index in [2.05, 4.69) is 5.32 Å². The number of carbonyl (C=O) groups is 2. The van der Waals surface area contributed by atoms with Gasteiger partial charge in [0, 0.05) is 25.2 Å². The number of carbonyl (C=O) groups excluding carboxylic acids is 2. The molecule has 0 aliphatic heterocycles. The van der Waals surface area contributed by atoms with E-state index in [0.29, 0.717) is 36.6 Å². The van der Waals surface area contributed by atoms with E-state index in [1.165, 1.54) is 0 Å². The van der Waals surface area contributed by atoms with Crippen LogP contribution >= 0.6 is 0 Å². The molecule has 3 N–H and O–H groups in total. The molecule has 1 aromatic carbocycles. The third kappa shape index (κ3) is 4.95. The van der Waals surface area contributed by atoms with Crippen LogP contribution in [0, 0.1) is 0 Å². The Morgan fingerprint density at radius 3 is 2.45 bits per heavy atom. The van der Waals surface area contributed by atoms with Crippen LogP contribution in [-0.4, -0.2) is 43.0 Å². The fourth-order valence-electron chi connectivity index (χ4n) is 1.97. The average molecular weight is 307 g/mol. The molecule has 0 aromatic heterocycles. The van der Waals surface area contributed by atoms with Gasteiger partial charge >= 0.3 is 0 Å². The lowest BCUT2D eigenvalue weighted by molar-refractivity contribution is -0.132. The first kappa shape index (κ1) is 17.8. The maximum atomic E-state index is 11.9. The van der Waals surface area contributed by atoms with Crippen molar-refractivity contribution in [1.29, 1.82) is 0 Å². The highest BCUT2D eigenvalue weighted by Crippen LogP contribution is 2.22. The minimum absolute atomic E-state index is 0.0622. The second kappa shape index (κ2) is 8.92. The van der Waals surface area contributed by atoms with Crippen molar-refractivity contribution < 1.29 is 14.3 Å². The Kier molecular flexibility index (Phi) is 7.22. The highest BCUT2D eigenvalue weighted by molar-refractivity contribution is 5.95. The molecule has 0 unspecified atom stereocenters. The number of rotatable bonds is 8. The molecule has 0 bridgehead atoms. The third-order valence-corrected chi connectivity index (χ3v) is 3.27. The van der Waals surface area contributed by atoms with Crippen LogP contribution in [0.1, 0.15) is 37.6 Å². The predicted octanol–water partition coefficient (Wildman–Crippen LogP) is 1.66. The van der Waals surface area contributed by atoms with Crippen LogP contribution in [0.3, 0.4) is 0 Å². The van der Waals surface area contributed by atoms with Gasteiger partial charge in [-0.15, -0.1) is 0 Å². The summed E-state index contributed by atoms with van der Waals surface area (Å²) in [6.45, 7) is 7.66. The van der Waals surface area contributed by atoms with Gasteiger partial charge in [0.25, 0.3) is 11.8 Å². The quantitative estimate of drug-likeness (QED) is 0.715. The fraction of sp³-hybridized carbons (Fsp3) is 0.500. The number of anilines is 1. The number of nitrogens with two attached hydrogens (primary N) is 1. The van der Waals surface area contributed by atoms with Crippen LogP contribution in [0.25, 0.3) is 0 Å². The van der Waals surface area contributed by atoms with Crippen LogP contribution in [0.2, 0.25) is 0 Å². The van der Waals surface area contributed by atoms with Crippen LogP contribution in [0.4, 0.5) is 5.69 Å². The lowest BCUT2D eigenvalue weighted by Gasteiger charge is -2.19. The lowest BCUT2D eigenvalue weighted by Crippen LogP contribution is -2.34. The molecule has 22 heavy (non-hydrogen) atoms. The second-order valence-electron chi connectivity index (χ2n) is 4.86. The molecular weight excluding hydrogens is 282 g/mol. The monoisotopic (exact) mass is 307 g/mol. The van der Waals surface area contributed by atoms with Gasteiger partial charge in [-0.2, -0.15) is 0 Å². The smallest absolute Gasteiger partial charge is 0.260 e. The van der Waals surface area contributed by atoms with Gasteiger partial charge in [0.2, 0.25) is 0 Å². The Balaban J connectivity index is 2.66. The highest BCUT2D eigenvalue weighted by Gasteiger charge is 2.12. The van der Waals surface area contributed by atoms with Crippen molar-refractivity contribution in [2.24, 2.45) is 0 Å². The molecule has 0 saturated carbocycles. The van der Waals surface area contributed by atoms with Crippen molar-refractivity contribution in [3.05, 3.63) is 23.8 Å². The Morgan fingerprint density at radius 1 is 1.23 bits per heavy atom. The van der Waals surface area contributed by atoms with E-state index in [-0.39, 0.29) is 18.4 Å². The molecule has 0 atom stereocenters. The molecule has 6 nitrogen and oxygen atoms in total.